The van der Waals surface area contributed by atoms with E-state index in [4.69, 9.17) is 9.15 Å². The van der Waals surface area contributed by atoms with E-state index in [9.17, 15) is 19.5 Å². The van der Waals surface area contributed by atoms with Gasteiger partial charge < -0.3 is 14.3 Å². The first-order valence-electron chi connectivity index (χ1n) is 6.94. The molecule has 23 heavy (non-hydrogen) atoms. The minimum Gasteiger partial charge on any atom is -0.502 e. The molecule has 1 fully saturated rings. The summed E-state index contributed by atoms with van der Waals surface area (Å²) in [6.07, 6.45) is 0.0843. The number of carbonyl (C=O) groups excluding carboxylic acids is 3. The molecule has 0 aliphatic carbocycles. The molecule has 1 aromatic heterocycles. The first-order chi connectivity index (χ1) is 11.0. The van der Waals surface area contributed by atoms with Crippen molar-refractivity contribution in [2.24, 2.45) is 0 Å². The molecule has 1 N–H and O–H groups in total. The number of nitrogens with zero attached hydrogens (tertiary/aromatic N) is 1. The van der Waals surface area contributed by atoms with Crippen molar-refractivity contribution in [2.45, 2.75) is 19.8 Å². The minimum absolute atomic E-state index is 0.0179. The van der Waals surface area contributed by atoms with Crippen molar-refractivity contribution in [1.82, 2.24) is 0 Å². The van der Waals surface area contributed by atoms with Gasteiger partial charge in [-0.2, -0.15) is 0 Å². The summed E-state index contributed by atoms with van der Waals surface area (Å²) in [5.74, 6) is -2.68. The van der Waals surface area contributed by atoms with E-state index < -0.39 is 23.5 Å². The molecule has 118 valence electrons. The van der Waals surface area contributed by atoms with Crippen LogP contribution in [0.5, 0.6) is 11.5 Å². The molecule has 7 heteroatoms. The Morgan fingerprint density at radius 1 is 1.17 bits per heavy atom. The summed E-state index contributed by atoms with van der Waals surface area (Å²) in [7, 11) is 0. The summed E-state index contributed by atoms with van der Waals surface area (Å²) in [6.45, 7) is 1.14. The molecule has 0 atom stereocenters. The van der Waals surface area contributed by atoms with Crippen molar-refractivity contribution >= 4 is 23.7 Å². The van der Waals surface area contributed by atoms with E-state index in [-0.39, 0.29) is 30.2 Å². The monoisotopic (exact) mass is 315 g/mol. The van der Waals surface area contributed by atoms with Crippen LogP contribution in [0.1, 0.15) is 19.8 Å². The molecule has 1 aliphatic rings. The molecular formula is C16H13NO6. The van der Waals surface area contributed by atoms with E-state index in [0.717, 1.165) is 11.8 Å². The highest BCUT2D eigenvalue weighted by atomic mass is 16.6. The Morgan fingerprint density at radius 2 is 1.78 bits per heavy atom. The Hall–Kier alpha value is -3.09. The van der Waals surface area contributed by atoms with E-state index in [1.54, 1.807) is 30.3 Å². The number of anilines is 1. The zero-order valence-electron chi connectivity index (χ0n) is 12.2. The molecule has 1 saturated heterocycles. The normalized spacial score (nSPS) is 14.4. The fourth-order valence-electron chi connectivity index (χ4n) is 2.37. The number of carbonyl (C=O) groups is 3. The maximum Gasteiger partial charge on any atom is 0.308 e. The van der Waals surface area contributed by atoms with Crippen molar-refractivity contribution in [3.05, 3.63) is 30.3 Å². The van der Waals surface area contributed by atoms with E-state index in [1.807, 2.05) is 0 Å². The fraction of sp³-hybridized carbons (Fsp3) is 0.188. The van der Waals surface area contributed by atoms with Crippen LogP contribution in [0.15, 0.2) is 34.7 Å². The highest BCUT2D eigenvalue weighted by Crippen LogP contribution is 2.48. The SMILES string of the molecule is CC(=O)Oc1c(N2C(=O)CCC2=O)oc(-c2ccccc2)c1O. The predicted molar refractivity (Wildman–Crippen MR) is 78.8 cm³/mol. The van der Waals surface area contributed by atoms with Crippen LogP contribution in [0.4, 0.5) is 5.88 Å². The van der Waals surface area contributed by atoms with Crippen molar-refractivity contribution in [3.63, 3.8) is 0 Å². The number of rotatable bonds is 3. The summed E-state index contributed by atoms with van der Waals surface area (Å²) in [5.41, 5.74) is 0.517. The summed E-state index contributed by atoms with van der Waals surface area (Å²) >= 11 is 0. The molecule has 2 amide bonds. The van der Waals surface area contributed by atoms with Gasteiger partial charge in [-0.1, -0.05) is 30.3 Å². The van der Waals surface area contributed by atoms with E-state index >= 15 is 0 Å². The third-order valence-electron chi connectivity index (χ3n) is 3.36. The first-order valence-corrected chi connectivity index (χ1v) is 6.94. The van der Waals surface area contributed by atoms with E-state index in [1.165, 1.54) is 0 Å². The molecule has 3 rings (SSSR count). The van der Waals surface area contributed by atoms with Crippen molar-refractivity contribution in [3.8, 4) is 22.8 Å². The largest absolute Gasteiger partial charge is 0.502 e. The molecule has 0 bridgehead atoms. The second-order valence-electron chi connectivity index (χ2n) is 5.00. The molecule has 0 spiro atoms. The topological polar surface area (TPSA) is 97.0 Å². The Morgan fingerprint density at radius 3 is 2.35 bits per heavy atom. The van der Waals surface area contributed by atoms with Gasteiger partial charge in [0.2, 0.25) is 23.3 Å². The molecule has 0 radical (unpaired) electrons. The third-order valence-corrected chi connectivity index (χ3v) is 3.36. The summed E-state index contributed by atoms with van der Waals surface area (Å²) in [4.78, 5) is 35.9. The maximum absolute atomic E-state index is 11.9. The molecule has 0 unspecified atom stereocenters. The van der Waals surface area contributed by atoms with Gasteiger partial charge in [-0.25, -0.2) is 4.90 Å². The Labute approximate surface area is 131 Å². The number of benzene rings is 1. The highest BCUT2D eigenvalue weighted by molar-refractivity contribution is 6.20. The number of hydrogen-bond acceptors (Lipinski definition) is 6. The van der Waals surface area contributed by atoms with Gasteiger partial charge in [0.15, 0.2) is 5.76 Å². The quantitative estimate of drug-likeness (QED) is 0.689. The lowest BCUT2D eigenvalue weighted by Gasteiger charge is -2.11. The van der Waals surface area contributed by atoms with E-state index in [2.05, 4.69) is 0 Å². The van der Waals surface area contributed by atoms with Crippen molar-refractivity contribution < 1.29 is 28.6 Å². The van der Waals surface area contributed by atoms with Gasteiger partial charge in [0.25, 0.3) is 5.88 Å². The zero-order valence-corrected chi connectivity index (χ0v) is 12.2. The van der Waals surface area contributed by atoms with Crippen LogP contribution in [0.3, 0.4) is 0 Å². The molecule has 2 aromatic rings. The lowest BCUT2D eigenvalue weighted by atomic mass is 10.1. The lowest BCUT2D eigenvalue weighted by Crippen LogP contribution is -2.28. The smallest absolute Gasteiger partial charge is 0.308 e. The second kappa shape index (κ2) is 5.60. The van der Waals surface area contributed by atoms with Crippen LogP contribution < -0.4 is 9.64 Å². The van der Waals surface area contributed by atoms with Crippen LogP contribution in [0, 0.1) is 0 Å². The van der Waals surface area contributed by atoms with E-state index in [0.29, 0.717) is 5.56 Å². The molecule has 1 aromatic carbocycles. The van der Waals surface area contributed by atoms with Crippen LogP contribution in [-0.2, 0) is 14.4 Å². The van der Waals surface area contributed by atoms with Crippen LogP contribution >= 0.6 is 0 Å². The Balaban J connectivity index is 2.16. The Bertz CT molecular complexity index is 776. The number of ether oxygens (including phenoxy) is 1. The fourth-order valence-corrected chi connectivity index (χ4v) is 2.37. The van der Waals surface area contributed by atoms with Gasteiger partial charge in [-0.15, -0.1) is 0 Å². The summed E-state index contributed by atoms with van der Waals surface area (Å²) < 4.78 is 10.5. The summed E-state index contributed by atoms with van der Waals surface area (Å²) in [5, 5.41) is 10.3. The predicted octanol–water partition coefficient (Wildman–Crippen LogP) is 2.23. The average molecular weight is 315 g/mol. The van der Waals surface area contributed by atoms with Gasteiger partial charge in [-0.05, 0) is 0 Å². The number of imide groups is 1. The lowest BCUT2D eigenvalue weighted by molar-refractivity contribution is -0.132. The summed E-state index contributed by atoms with van der Waals surface area (Å²) in [6, 6.07) is 8.59. The molecule has 1 aliphatic heterocycles. The highest BCUT2D eigenvalue weighted by Gasteiger charge is 2.38. The van der Waals surface area contributed by atoms with Crippen LogP contribution in [0.25, 0.3) is 11.3 Å². The Kier molecular flexibility index (Phi) is 3.61. The van der Waals surface area contributed by atoms with Crippen LogP contribution in [-0.4, -0.2) is 22.9 Å². The van der Waals surface area contributed by atoms with Gasteiger partial charge in [0.05, 0.1) is 0 Å². The molecule has 7 nitrogen and oxygen atoms in total. The van der Waals surface area contributed by atoms with Gasteiger partial charge in [0, 0.05) is 25.3 Å². The number of esters is 1. The molecular weight excluding hydrogens is 302 g/mol. The van der Waals surface area contributed by atoms with Crippen molar-refractivity contribution in [2.75, 3.05) is 4.90 Å². The van der Waals surface area contributed by atoms with Gasteiger partial charge >= 0.3 is 5.97 Å². The number of hydrogen-bond donors (Lipinski definition) is 1. The number of furan rings is 1. The third kappa shape index (κ3) is 2.57. The van der Waals surface area contributed by atoms with Gasteiger partial charge in [-0.3, -0.25) is 14.4 Å². The maximum atomic E-state index is 11.9. The number of amides is 2. The van der Waals surface area contributed by atoms with Crippen molar-refractivity contribution in [1.29, 1.82) is 0 Å². The standard InChI is InChI=1S/C16H13NO6/c1-9(18)22-15-13(21)14(10-5-3-2-4-6-10)23-16(15)17-11(19)7-8-12(17)20/h2-6,21H,7-8H2,1H3. The van der Waals surface area contributed by atoms with Gasteiger partial charge in [0.1, 0.15) is 0 Å². The molecule has 2 heterocycles. The van der Waals surface area contributed by atoms with Crippen LogP contribution in [0.2, 0.25) is 0 Å². The zero-order chi connectivity index (χ0) is 16.6. The molecule has 0 saturated carbocycles. The average Bonchev–Trinajstić information content (AvgIpc) is 3.01. The minimum atomic E-state index is -0.707. The second-order valence-corrected chi connectivity index (χ2v) is 5.00. The number of aromatic hydroxyl groups is 1. The first kappa shape index (κ1) is 14.8.